The number of hydrogen-bond acceptors (Lipinski definition) is 3. The standard InChI is InChI=1S/C14H29N3O/c1-3-4-9-16(12-8-15)13(2)14(18)17-10-6-5-7-11-17/h13H,3-12,15H2,1-2H3. The maximum absolute atomic E-state index is 12.4. The Hall–Kier alpha value is -0.610. The lowest BCUT2D eigenvalue weighted by Crippen LogP contribution is -2.50. The fourth-order valence-corrected chi connectivity index (χ4v) is 2.56. The Morgan fingerprint density at radius 2 is 1.94 bits per heavy atom. The molecule has 0 spiro atoms. The molecule has 0 aromatic rings. The molecule has 106 valence electrons. The van der Waals surface area contributed by atoms with Crippen molar-refractivity contribution in [2.75, 3.05) is 32.7 Å². The maximum Gasteiger partial charge on any atom is 0.239 e. The van der Waals surface area contributed by atoms with Gasteiger partial charge in [-0.2, -0.15) is 0 Å². The van der Waals surface area contributed by atoms with Crippen molar-refractivity contribution in [2.45, 2.75) is 52.0 Å². The van der Waals surface area contributed by atoms with E-state index in [4.69, 9.17) is 5.73 Å². The molecule has 18 heavy (non-hydrogen) atoms. The molecule has 1 heterocycles. The number of hydrogen-bond donors (Lipinski definition) is 1. The Morgan fingerprint density at radius 3 is 2.50 bits per heavy atom. The predicted molar refractivity (Wildman–Crippen MR) is 75.4 cm³/mol. The first kappa shape index (κ1) is 15.4. The fraction of sp³-hybridized carbons (Fsp3) is 0.929. The lowest BCUT2D eigenvalue weighted by molar-refractivity contribution is -0.137. The topological polar surface area (TPSA) is 49.6 Å². The number of carbonyl (C=O) groups is 1. The van der Waals surface area contributed by atoms with E-state index in [9.17, 15) is 4.79 Å². The van der Waals surface area contributed by atoms with Gasteiger partial charge in [0, 0.05) is 26.2 Å². The van der Waals surface area contributed by atoms with E-state index in [-0.39, 0.29) is 6.04 Å². The van der Waals surface area contributed by atoms with E-state index in [1.165, 1.54) is 6.42 Å². The average Bonchev–Trinajstić information content (AvgIpc) is 2.43. The summed E-state index contributed by atoms with van der Waals surface area (Å²) in [4.78, 5) is 16.7. The monoisotopic (exact) mass is 255 g/mol. The van der Waals surface area contributed by atoms with Gasteiger partial charge in [-0.1, -0.05) is 13.3 Å². The maximum atomic E-state index is 12.4. The van der Waals surface area contributed by atoms with Crippen molar-refractivity contribution in [2.24, 2.45) is 5.73 Å². The summed E-state index contributed by atoms with van der Waals surface area (Å²) in [5, 5.41) is 0. The van der Waals surface area contributed by atoms with Gasteiger partial charge in [0.2, 0.25) is 5.91 Å². The second-order valence-corrected chi connectivity index (χ2v) is 5.24. The van der Waals surface area contributed by atoms with Crippen LogP contribution in [-0.4, -0.2) is 54.5 Å². The van der Waals surface area contributed by atoms with Crippen LogP contribution in [0.1, 0.15) is 46.0 Å². The first-order valence-corrected chi connectivity index (χ1v) is 7.43. The molecule has 0 aliphatic carbocycles. The summed E-state index contributed by atoms with van der Waals surface area (Å²) < 4.78 is 0. The minimum Gasteiger partial charge on any atom is -0.341 e. The van der Waals surface area contributed by atoms with Gasteiger partial charge in [-0.15, -0.1) is 0 Å². The number of rotatable bonds is 7. The summed E-state index contributed by atoms with van der Waals surface area (Å²) in [6.45, 7) is 8.51. The SMILES string of the molecule is CCCCN(CCN)C(C)C(=O)N1CCCCC1. The largest absolute Gasteiger partial charge is 0.341 e. The molecule has 2 N–H and O–H groups in total. The minimum atomic E-state index is -0.0156. The summed E-state index contributed by atoms with van der Waals surface area (Å²) in [5.41, 5.74) is 5.65. The van der Waals surface area contributed by atoms with Crippen LogP contribution in [0.25, 0.3) is 0 Å². The van der Waals surface area contributed by atoms with Crippen LogP contribution in [0, 0.1) is 0 Å². The number of unbranched alkanes of at least 4 members (excludes halogenated alkanes) is 1. The van der Waals surface area contributed by atoms with Crippen LogP contribution in [0.3, 0.4) is 0 Å². The molecule has 1 aliphatic heterocycles. The molecule has 0 saturated carbocycles. The second-order valence-electron chi connectivity index (χ2n) is 5.24. The van der Waals surface area contributed by atoms with Crippen LogP contribution in [0.2, 0.25) is 0 Å². The van der Waals surface area contributed by atoms with Crippen LogP contribution in [0.4, 0.5) is 0 Å². The van der Waals surface area contributed by atoms with Gasteiger partial charge in [-0.3, -0.25) is 9.69 Å². The van der Waals surface area contributed by atoms with Gasteiger partial charge in [0.25, 0.3) is 0 Å². The van der Waals surface area contributed by atoms with Crippen molar-refractivity contribution in [1.82, 2.24) is 9.80 Å². The number of likely N-dealkylation sites (tertiary alicyclic amines) is 1. The van der Waals surface area contributed by atoms with Crippen molar-refractivity contribution in [3.05, 3.63) is 0 Å². The van der Waals surface area contributed by atoms with Gasteiger partial charge in [-0.25, -0.2) is 0 Å². The molecule has 1 amide bonds. The molecule has 0 aromatic carbocycles. The zero-order valence-electron chi connectivity index (χ0n) is 12.0. The number of nitrogens with zero attached hydrogens (tertiary/aromatic N) is 2. The lowest BCUT2D eigenvalue weighted by Gasteiger charge is -2.34. The van der Waals surface area contributed by atoms with Gasteiger partial charge >= 0.3 is 0 Å². The molecule has 0 radical (unpaired) electrons. The molecular formula is C14H29N3O. The second kappa shape index (κ2) is 8.48. The number of nitrogens with two attached hydrogens (primary N) is 1. The normalized spacial score (nSPS) is 18.1. The van der Waals surface area contributed by atoms with Gasteiger partial charge in [0.05, 0.1) is 6.04 Å². The molecule has 1 aliphatic rings. The van der Waals surface area contributed by atoms with Crippen molar-refractivity contribution in [1.29, 1.82) is 0 Å². The van der Waals surface area contributed by atoms with E-state index >= 15 is 0 Å². The van der Waals surface area contributed by atoms with E-state index in [1.807, 2.05) is 11.8 Å². The van der Waals surface area contributed by atoms with Gasteiger partial charge in [0.1, 0.15) is 0 Å². The third-order valence-electron chi connectivity index (χ3n) is 3.79. The summed E-state index contributed by atoms with van der Waals surface area (Å²) in [6, 6.07) is -0.0156. The first-order chi connectivity index (χ1) is 8.70. The summed E-state index contributed by atoms with van der Waals surface area (Å²) in [7, 11) is 0. The van der Waals surface area contributed by atoms with Gasteiger partial charge in [-0.05, 0) is 39.2 Å². The Bertz CT molecular complexity index is 239. The molecule has 1 atom stereocenters. The highest BCUT2D eigenvalue weighted by Crippen LogP contribution is 2.12. The molecule has 1 fully saturated rings. The number of carbonyl (C=O) groups excluding carboxylic acids is 1. The highest BCUT2D eigenvalue weighted by molar-refractivity contribution is 5.81. The van der Waals surface area contributed by atoms with Gasteiger partial charge < -0.3 is 10.6 Å². The van der Waals surface area contributed by atoms with Crippen molar-refractivity contribution < 1.29 is 4.79 Å². The van der Waals surface area contributed by atoms with Crippen molar-refractivity contribution in [3.63, 3.8) is 0 Å². The zero-order valence-corrected chi connectivity index (χ0v) is 12.0. The Balaban J connectivity index is 2.50. The summed E-state index contributed by atoms with van der Waals surface area (Å²) in [5.74, 6) is 0.291. The van der Waals surface area contributed by atoms with Crippen LogP contribution < -0.4 is 5.73 Å². The van der Waals surface area contributed by atoms with E-state index in [2.05, 4.69) is 11.8 Å². The average molecular weight is 255 g/mol. The Kier molecular flexibility index (Phi) is 7.28. The smallest absolute Gasteiger partial charge is 0.239 e. The minimum absolute atomic E-state index is 0.0156. The fourth-order valence-electron chi connectivity index (χ4n) is 2.56. The van der Waals surface area contributed by atoms with Crippen LogP contribution in [0.15, 0.2) is 0 Å². The van der Waals surface area contributed by atoms with E-state index in [0.717, 1.165) is 51.9 Å². The van der Waals surface area contributed by atoms with Crippen molar-refractivity contribution in [3.8, 4) is 0 Å². The molecule has 4 nitrogen and oxygen atoms in total. The van der Waals surface area contributed by atoms with Crippen LogP contribution >= 0.6 is 0 Å². The van der Waals surface area contributed by atoms with E-state index < -0.39 is 0 Å². The zero-order chi connectivity index (χ0) is 13.4. The molecule has 4 heteroatoms. The first-order valence-electron chi connectivity index (χ1n) is 7.43. The quantitative estimate of drug-likeness (QED) is 0.749. The van der Waals surface area contributed by atoms with Crippen molar-refractivity contribution >= 4 is 5.91 Å². The molecular weight excluding hydrogens is 226 g/mol. The highest BCUT2D eigenvalue weighted by Gasteiger charge is 2.26. The summed E-state index contributed by atoms with van der Waals surface area (Å²) >= 11 is 0. The highest BCUT2D eigenvalue weighted by atomic mass is 16.2. The third-order valence-corrected chi connectivity index (χ3v) is 3.79. The molecule has 0 bridgehead atoms. The molecule has 1 unspecified atom stereocenters. The molecule has 1 rings (SSSR count). The van der Waals surface area contributed by atoms with Crippen LogP contribution in [-0.2, 0) is 4.79 Å². The Morgan fingerprint density at radius 1 is 1.28 bits per heavy atom. The molecule has 1 saturated heterocycles. The number of piperidine rings is 1. The lowest BCUT2D eigenvalue weighted by atomic mass is 10.1. The van der Waals surface area contributed by atoms with E-state index in [1.54, 1.807) is 0 Å². The third kappa shape index (κ3) is 4.58. The molecule has 0 aromatic heterocycles. The van der Waals surface area contributed by atoms with Crippen LogP contribution in [0.5, 0.6) is 0 Å². The Labute approximate surface area is 111 Å². The predicted octanol–water partition coefficient (Wildman–Crippen LogP) is 1.45. The summed E-state index contributed by atoms with van der Waals surface area (Å²) in [6.07, 6.45) is 5.87. The van der Waals surface area contributed by atoms with E-state index in [0.29, 0.717) is 12.5 Å². The number of amides is 1. The van der Waals surface area contributed by atoms with Gasteiger partial charge in [0.15, 0.2) is 0 Å².